The topological polar surface area (TPSA) is 63.7 Å². The molecule has 1 aliphatic heterocycles. The molecule has 2 heterocycles. The quantitative estimate of drug-likeness (QED) is 0.348. The van der Waals surface area contributed by atoms with Crippen LogP contribution in [0.2, 0.25) is 0 Å². The Bertz CT molecular complexity index is 1010. The van der Waals surface area contributed by atoms with Crippen molar-refractivity contribution < 1.29 is 19.1 Å². The van der Waals surface area contributed by atoms with E-state index in [0.29, 0.717) is 22.4 Å². The first-order chi connectivity index (χ1) is 13.6. The second-order valence-corrected chi connectivity index (χ2v) is 8.95. The van der Waals surface area contributed by atoms with Gasteiger partial charge < -0.3 is 4.74 Å². The Hall–Kier alpha value is -2.73. The second kappa shape index (κ2) is 5.64. The fourth-order valence-corrected chi connectivity index (χ4v) is 6.07. The minimum atomic E-state index is -0.484. The average molecular weight is 391 g/mol. The molecule has 140 valence electrons. The average Bonchev–Trinajstić information content (AvgIpc) is 3.27. The van der Waals surface area contributed by atoms with Crippen LogP contribution in [0.5, 0.6) is 5.75 Å². The summed E-state index contributed by atoms with van der Waals surface area (Å²) in [6.45, 7) is 0. The maximum atomic E-state index is 13.3. The third kappa shape index (κ3) is 2.09. The molecule has 1 saturated heterocycles. The number of allylic oxidation sites excluding steroid dienone is 2. The van der Waals surface area contributed by atoms with Crippen LogP contribution in [0.1, 0.15) is 16.1 Å². The Morgan fingerprint density at radius 3 is 2.29 bits per heavy atom. The summed E-state index contributed by atoms with van der Waals surface area (Å²) in [7, 11) is 0. The molecular weight excluding hydrogens is 374 g/mol. The number of ether oxygens (including phenoxy) is 1. The van der Waals surface area contributed by atoms with Crippen LogP contribution in [0.4, 0.5) is 5.69 Å². The van der Waals surface area contributed by atoms with Crippen molar-refractivity contribution in [2.45, 2.75) is 6.42 Å². The van der Waals surface area contributed by atoms with Crippen molar-refractivity contribution in [3.05, 3.63) is 58.8 Å². The lowest BCUT2D eigenvalue weighted by Gasteiger charge is -2.37. The van der Waals surface area contributed by atoms with Crippen molar-refractivity contribution in [1.82, 2.24) is 0 Å². The second-order valence-electron chi connectivity index (χ2n) is 8.00. The van der Waals surface area contributed by atoms with Gasteiger partial charge in [0.2, 0.25) is 11.8 Å². The number of hydrogen-bond donors (Lipinski definition) is 0. The van der Waals surface area contributed by atoms with Crippen molar-refractivity contribution in [1.29, 1.82) is 0 Å². The molecule has 1 aromatic heterocycles. The molecule has 0 spiro atoms. The zero-order valence-electron chi connectivity index (χ0n) is 14.9. The van der Waals surface area contributed by atoms with E-state index in [1.54, 1.807) is 41.8 Å². The highest BCUT2D eigenvalue weighted by atomic mass is 32.1. The molecule has 0 unspecified atom stereocenters. The Balaban J connectivity index is 1.36. The number of nitrogens with zero attached hydrogens (tertiary/aromatic N) is 1. The van der Waals surface area contributed by atoms with E-state index in [1.807, 2.05) is 0 Å². The van der Waals surface area contributed by atoms with Crippen LogP contribution in [-0.2, 0) is 9.59 Å². The van der Waals surface area contributed by atoms with Crippen LogP contribution in [0.15, 0.2) is 53.9 Å². The molecule has 2 amide bonds. The highest BCUT2D eigenvalue weighted by Gasteiger charge is 2.67. The zero-order valence-corrected chi connectivity index (χ0v) is 15.7. The Labute approximate surface area is 165 Å². The molecule has 7 rings (SSSR count). The number of rotatable bonds is 3. The molecule has 28 heavy (non-hydrogen) atoms. The molecule has 2 aromatic rings. The van der Waals surface area contributed by atoms with Gasteiger partial charge in [-0.05, 0) is 53.7 Å². The molecule has 3 fully saturated rings. The van der Waals surface area contributed by atoms with Crippen LogP contribution in [-0.4, -0.2) is 17.8 Å². The van der Waals surface area contributed by atoms with Crippen LogP contribution in [0.25, 0.3) is 0 Å². The van der Waals surface area contributed by atoms with Gasteiger partial charge in [0, 0.05) is 0 Å². The van der Waals surface area contributed by atoms with Gasteiger partial charge in [-0.15, -0.1) is 11.3 Å². The van der Waals surface area contributed by atoms with E-state index in [0.717, 1.165) is 6.42 Å². The summed E-state index contributed by atoms with van der Waals surface area (Å²) in [5.74, 6) is 0.358. The SMILES string of the molecule is O=C(Oc1ccccc1N1C(=O)[C@H]2[C@@H]3C=C[C@@H]([C@H]4C[C@H]34)[C@@H]2C1=O)c1cccs1. The third-order valence-corrected chi connectivity index (χ3v) is 7.54. The molecule has 4 aliphatic carbocycles. The van der Waals surface area contributed by atoms with Crippen LogP contribution >= 0.6 is 11.3 Å². The monoisotopic (exact) mass is 391 g/mol. The fourth-order valence-electron chi connectivity index (χ4n) is 5.47. The normalized spacial score (nSPS) is 34.4. The number of hydrogen-bond acceptors (Lipinski definition) is 5. The molecule has 1 aromatic carbocycles. The van der Waals surface area contributed by atoms with E-state index < -0.39 is 5.97 Å². The van der Waals surface area contributed by atoms with Gasteiger partial charge in [0.05, 0.1) is 17.5 Å². The first kappa shape index (κ1) is 16.2. The van der Waals surface area contributed by atoms with Crippen molar-refractivity contribution in [2.24, 2.45) is 35.5 Å². The predicted octanol–water partition coefficient (Wildman–Crippen LogP) is 3.52. The lowest BCUT2D eigenvalue weighted by atomic mass is 9.63. The van der Waals surface area contributed by atoms with Crippen LogP contribution < -0.4 is 9.64 Å². The van der Waals surface area contributed by atoms with E-state index in [2.05, 4.69) is 12.2 Å². The number of para-hydroxylation sites is 2. The van der Waals surface area contributed by atoms with E-state index in [4.69, 9.17) is 4.74 Å². The number of anilines is 1. The largest absolute Gasteiger partial charge is 0.420 e. The first-order valence-corrected chi connectivity index (χ1v) is 10.4. The standard InChI is InChI=1S/C22H17NO4S/c24-20-18-11-7-8-12(14-10-13(11)14)19(18)21(25)23(20)15-4-1-2-5-16(15)27-22(26)17-6-3-9-28-17/h1-9,11-14,18-19H,10H2/t11-,12+,13-,14-,18+,19+/m1/s1. The minimum Gasteiger partial charge on any atom is -0.420 e. The highest BCUT2D eigenvalue weighted by molar-refractivity contribution is 7.12. The number of esters is 1. The maximum absolute atomic E-state index is 13.3. The Morgan fingerprint density at radius 1 is 0.964 bits per heavy atom. The number of imide groups is 1. The first-order valence-electron chi connectivity index (χ1n) is 9.56. The van der Waals surface area contributed by atoms with E-state index in [9.17, 15) is 14.4 Å². The van der Waals surface area contributed by atoms with E-state index in [1.165, 1.54) is 16.2 Å². The van der Waals surface area contributed by atoms with E-state index in [-0.39, 0.29) is 41.2 Å². The van der Waals surface area contributed by atoms with Crippen molar-refractivity contribution >= 4 is 34.8 Å². The van der Waals surface area contributed by atoms with Crippen molar-refractivity contribution in [3.63, 3.8) is 0 Å². The number of amides is 2. The van der Waals surface area contributed by atoms with Gasteiger partial charge in [-0.1, -0.05) is 30.4 Å². The molecular formula is C22H17NO4S. The smallest absolute Gasteiger partial charge is 0.353 e. The maximum Gasteiger partial charge on any atom is 0.353 e. The summed E-state index contributed by atoms with van der Waals surface area (Å²) in [5.41, 5.74) is 0.366. The molecule has 5 nitrogen and oxygen atoms in total. The summed E-state index contributed by atoms with van der Waals surface area (Å²) in [6, 6.07) is 10.3. The van der Waals surface area contributed by atoms with Gasteiger partial charge in [0.15, 0.2) is 5.75 Å². The van der Waals surface area contributed by atoms with Gasteiger partial charge >= 0.3 is 5.97 Å². The number of benzene rings is 1. The molecule has 5 aliphatic rings. The minimum absolute atomic E-state index is 0.153. The molecule has 6 atom stereocenters. The zero-order chi connectivity index (χ0) is 19.0. The third-order valence-electron chi connectivity index (χ3n) is 6.69. The summed E-state index contributed by atoms with van der Waals surface area (Å²) < 4.78 is 5.56. The fraction of sp³-hybridized carbons (Fsp3) is 0.318. The van der Waals surface area contributed by atoms with Crippen molar-refractivity contribution in [2.75, 3.05) is 4.90 Å². The Kier molecular flexibility index (Phi) is 3.27. The van der Waals surface area contributed by atoms with Gasteiger partial charge in [0.1, 0.15) is 4.88 Å². The molecule has 6 heteroatoms. The molecule has 2 saturated carbocycles. The molecule has 2 bridgehead atoms. The van der Waals surface area contributed by atoms with Gasteiger partial charge in [0.25, 0.3) is 0 Å². The van der Waals surface area contributed by atoms with Crippen LogP contribution in [0, 0.1) is 35.5 Å². The number of carbonyl (C=O) groups is 3. The molecule has 0 radical (unpaired) electrons. The summed E-state index contributed by atoms with van der Waals surface area (Å²) in [4.78, 5) is 40.8. The summed E-state index contributed by atoms with van der Waals surface area (Å²) in [6.07, 6.45) is 5.43. The summed E-state index contributed by atoms with van der Waals surface area (Å²) >= 11 is 1.29. The van der Waals surface area contributed by atoms with Crippen molar-refractivity contribution in [3.8, 4) is 5.75 Å². The highest BCUT2D eigenvalue weighted by Crippen LogP contribution is 2.65. The lowest BCUT2D eigenvalue weighted by molar-refractivity contribution is -0.124. The van der Waals surface area contributed by atoms with Gasteiger partial charge in [-0.2, -0.15) is 0 Å². The van der Waals surface area contributed by atoms with E-state index >= 15 is 0 Å². The van der Waals surface area contributed by atoms with Gasteiger partial charge in [-0.25, -0.2) is 9.69 Å². The Morgan fingerprint density at radius 2 is 1.64 bits per heavy atom. The lowest BCUT2D eigenvalue weighted by Crippen LogP contribution is -2.40. The van der Waals surface area contributed by atoms with Crippen LogP contribution in [0.3, 0.4) is 0 Å². The predicted molar refractivity (Wildman–Crippen MR) is 103 cm³/mol. The summed E-state index contributed by atoms with van der Waals surface area (Å²) in [5, 5.41) is 1.80. The van der Waals surface area contributed by atoms with Gasteiger partial charge in [-0.3, -0.25) is 9.59 Å². The molecule has 0 N–H and O–H groups in total. The number of carbonyl (C=O) groups excluding carboxylic acids is 3. The number of thiophene rings is 1.